The molecule has 394 valence electrons. The summed E-state index contributed by atoms with van der Waals surface area (Å²) in [5.74, 6) is -0.307. The Morgan fingerprint density at radius 2 is 0.621 bits per heavy atom. The molecule has 0 fully saturated rings. The molecule has 0 aliphatic heterocycles. The van der Waals surface area contributed by atoms with Crippen molar-refractivity contribution in [2.75, 3.05) is 6.61 Å². The molecule has 5 nitrogen and oxygen atoms in total. The molecule has 0 aliphatic carbocycles. The topological polar surface area (TPSA) is 89.8 Å². The number of amides is 1. The summed E-state index contributed by atoms with van der Waals surface area (Å²) in [6.45, 7) is 4.26. The van der Waals surface area contributed by atoms with Crippen LogP contribution in [0, 0.1) is 0 Å². The fraction of sp³-hybridized carbons (Fsp3) is 0.951. The highest BCUT2D eigenvalue weighted by Crippen LogP contribution is 2.19. The first kappa shape index (κ1) is 65.1. The lowest BCUT2D eigenvalue weighted by Gasteiger charge is -2.21. The quantitative estimate of drug-likeness (QED) is 0.0361. The minimum atomic E-state index is -0.926. The predicted octanol–water partition coefficient (Wildman–Crippen LogP) is 19.1. The van der Waals surface area contributed by atoms with Gasteiger partial charge in [-0.25, -0.2) is 0 Å². The number of carbonyl (C=O) groups is 1. The van der Waals surface area contributed by atoms with E-state index in [-0.39, 0.29) is 18.9 Å². The van der Waals surface area contributed by atoms with Crippen molar-refractivity contribution in [3.63, 3.8) is 0 Å². The van der Waals surface area contributed by atoms with Crippen molar-refractivity contribution in [1.29, 1.82) is 0 Å². The van der Waals surface area contributed by atoms with Crippen LogP contribution in [0.15, 0.2) is 12.2 Å². The van der Waals surface area contributed by atoms with Crippen molar-refractivity contribution in [2.24, 2.45) is 0 Å². The van der Waals surface area contributed by atoms with Crippen molar-refractivity contribution in [3.8, 4) is 0 Å². The molecule has 0 spiro atoms. The van der Waals surface area contributed by atoms with Crippen LogP contribution in [-0.4, -0.2) is 46.1 Å². The Morgan fingerprint density at radius 1 is 0.379 bits per heavy atom. The van der Waals surface area contributed by atoms with Gasteiger partial charge in [-0.15, -0.1) is 0 Å². The number of carbonyl (C=O) groups excluding carboxylic acids is 1. The number of allylic oxidation sites excluding steroid dienone is 1. The number of unbranched alkanes of at least 4 members (excludes halogenated alkanes) is 48. The molecule has 0 heterocycles. The smallest absolute Gasteiger partial charge is 0.222 e. The zero-order chi connectivity index (χ0) is 47.9. The molecule has 0 aromatic rings. The molecule has 3 atom stereocenters. The van der Waals surface area contributed by atoms with Gasteiger partial charge in [0.05, 0.1) is 31.3 Å². The molecule has 0 bridgehead atoms. The minimum Gasteiger partial charge on any atom is -0.394 e. The standard InChI is InChI=1S/C61H121NO4/c1-3-5-7-9-11-13-15-17-19-21-23-25-26-27-28-29-30-31-32-33-34-35-36-38-40-42-44-46-48-50-52-54-58(64)56-61(66)62-59(57-63)60(65)55-53-51-49-47-45-43-41-39-37-24-22-20-18-16-14-12-10-8-6-4-2/h53,55,58-60,63-65H,3-52,54,56-57H2,1-2H3,(H,62,66)/b55-53+. The maximum Gasteiger partial charge on any atom is 0.222 e. The molecule has 66 heavy (non-hydrogen) atoms. The predicted molar refractivity (Wildman–Crippen MR) is 292 cm³/mol. The SMILES string of the molecule is CCCCCCCCCCCCCCCCCCCC/C=C/C(O)C(CO)NC(=O)CC(O)CCCCCCCCCCCCCCCCCCCCCCCCCCCCCCCCC. The number of aliphatic hydroxyl groups excluding tert-OH is 3. The summed E-state index contributed by atoms with van der Waals surface area (Å²) < 4.78 is 0. The van der Waals surface area contributed by atoms with E-state index in [1.54, 1.807) is 6.08 Å². The van der Waals surface area contributed by atoms with Gasteiger partial charge in [-0.05, 0) is 19.3 Å². The fourth-order valence-corrected chi connectivity index (χ4v) is 9.93. The molecule has 4 N–H and O–H groups in total. The molecule has 0 rings (SSSR count). The molecule has 0 aromatic heterocycles. The summed E-state index contributed by atoms with van der Waals surface area (Å²) in [5.41, 5.74) is 0. The lowest BCUT2D eigenvalue weighted by Crippen LogP contribution is -2.45. The molecule has 0 aromatic carbocycles. The molecule has 3 unspecified atom stereocenters. The molecular formula is C61H121NO4. The summed E-state index contributed by atoms with van der Waals surface area (Å²) in [7, 11) is 0. The second-order valence-corrected chi connectivity index (χ2v) is 21.3. The average molecular weight is 933 g/mol. The molecule has 0 saturated heterocycles. The maximum atomic E-state index is 12.5. The number of nitrogens with one attached hydrogen (secondary N) is 1. The summed E-state index contributed by atoms with van der Waals surface area (Å²) >= 11 is 0. The third-order valence-electron chi connectivity index (χ3n) is 14.6. The Labute approximate surface area is 414 Å². The third-order valence-corrected chi connectivity index (χ3v) is 14.6. The largest absolute Gasteiger partial charge is 0.394 e. The zero-order valence-electron chi connectivity index (χ0n) is 45.1. The van der Waals surface area contributed by atoms with Crippen LogP contribution < -0.4 is 5.32 Å². The highest BCUT2D eigenvalue weighted by Gasteiger charge is 2.20. The van der Waals surface area contributed by atoms with E-state index >= 15 is 0 Å². The van der Waals surface area contributed by atoms with Crippen molar-refractivity contribution < 1.29 is 20.1 Å². The van der Waals surface area contributed by atoms with Crippen LogP contribution >= 0.6 is 0 Å². The van der Waals surface area contributed by atoms with Crippen LogP contribution in [0.2, 0.25) is 0 Å². The van der Waals surface area contributed by atoms with Crippen LogP contribution in [0.3, 0.4) is 0 Å². The molecule has 1 amide bonds. The summed E-state index contributed by atoms with van der Waals surface area (Å²) in [6, 6.07) is -0.741. The van der Waals surface area contributed by atoms with Crippen LogP contribution in [0.1, 0.15) is 348 Å². The van der Waals surface area contributed by atoms with Crippen molar-refractivity contribution >= 4 is 5.91 Å². The average Bonchev–Trinajstić information content (AvgIpc) is 3.31. The molecule has 0 saturated carbocycles. The van der Waals surface area contributed by atoms with Crippen LogP contribution in [0.4, 0.5) is 0 Å². The number of rotatable bonds is 57. The first-order valence-corrected chi connectivity index (χ1v) is 30.5. The van der Waals surface area contributed by atoms with E-state index in [0.717, 1.165) is 25.7 Å². The van der Waals surface area contributed by atoms with Crippen molar-refractivity contribution in [1.82, 2.24) is 5.32 Å². The molecule has 0 aliphatic rings. The van der Waals surface area contributed by atoms with Crippen LogP contribution in [-0.2, 0) is 4.79 Å². The van der Waals surface area contributed by atoms with E-state index in [0.29, 0.717) is 6.42 Å². The van der Waals surface area contributed by atoms with Gasteiger partial charge < -0.3 is 20.6 Å². The van der Waals surface area contributed by atoms with Gasteiger partial charge in [0, 0.05) is 0 Å². The second kappa shape index (κ2) is 56.7. The molecule has 0 radical (unpaired) electrons. The van der Waals surface area contributed by atoms with Gasteiger partial charge in [-0.3, -0.25) is 4.79 Å². The van der Waals surface area contributed by atoms with E-state index < -0.39 is 18.2 Å². The van der Waals surface area contributed by atoms with Crippen LogP contribution in [0.5, 0.6) is 0 Å². The van der Waals surface area contributed by atoms with Gasteiger partial charge in [0.1, 0.15) is 0 Å². The zero-order valence-corrected chi connectivity index (χ0v) is 45.1. The Balaban J connectivity index is 3.48. The highest BCUT2D eigenvalue weighted by molar-refractivity contribution is 5.76. The fourth-order valence-electron chi connectivity index (χ4n) is 9.93. The van der Waals surface area contributed by atoms with Gasteiger partial charge in [-0.2, -0.15) is 0 Å². The monoisotopic (exact) mass is 932 g/mol. The van der Waals surface area contributed by atoms with Crippen LogP contribution in [0.25, 0.3) is 0 Å². The van der Waals surface area contributed by atoms with Crippen molar-refractivity contribution in [3.05, 3.63) is 12.2 Å². The molecule has 5 heteroatoms. The lowest BCUT2D eigenvalue weighted by molar-refractivity contribution is -0.124. The Hall–Kier alpha value is -0.910. The highest BCUT2D eigenvalue weighted by atomic mass is 16.3. The van der Waals surface area contributed by atoms with E-state index in [9.17, 15) is 20.1 Å². The van der Waals surface area contributed by atoms with Gasteiger partial charge in [0.15, 0.2) is 0 Å². The van der Waals surface area contributed by atoms with Gasteiger partial charge in [0.2, 0.25) is 5.91 Å². The second-order valence-electron chi connectivity index (χ2n) is 21.3. The summed E-state index contributed by atoms with van der Waals surface area (Å²) in [6.07, 6.45) is 71.4. The number of hydrogen-bond acceptors (Lipinski definition) is 4. The minimum absolute atomic E-state index is 0.0197. The summed E-state index contributed by atoms with van der Waals surface area (Å²) in [4.78, 5) is 12.5. The van der Waals surface area contributed by atoms with E-state index in [2.05, 4.69) is 19.2 Å². The Morgan fingerprint density at radius 3 is 0.879 bits per heavy atom. The normalized spacial score (nSPS) is 13.2. The van der Waals surface area contributed by atoms with Crippen molar-refractivity contribution in [2.45, 2.75) is 366 Å². The Bertz CT molecular complexity index is 940. The van der Waals surface area contributed by atoms with Gasteiger partial charge in [0.25, 0.3) is 0 Å². The Kier molecular flexibility index (Phi) is 55.9. The van der Waals surface area contributed by atoms with E-state index in [4.69, 9.17) is 0 Å². The first-order chi connectivity index (χ1) is 32.5. The number of hydrogen-bond donors (Lipinski definition) is 4. The van der Waals surface area contributed by atoms with E-state index in [1.165, 1.54) is 295 Å². The number of aliphatic hydroxyl groups is 3. The first-order valence-electron chi connectivity index (χ1n) is 30.5. The van der Waals surface area contributed by atoms with Gasteiger partial charge in [-0.1, -0.05) is 334 Å². The third kappa shape index (κ3) is 52.5. The molecular weight excluding hydrogens is 811 g/mol. The summed E-state index contributed by atoms with van der Waals surface area (Å²) in [5, 5.41) is 33.5. The van der Waals surface area contributed by atoms with E-state index in [1.807, 2.05) is 6.08 Å². The maximum absolute atomic E-state index is 12.5. The lowest BCUT2D eigenvalue weighted by atomic mass is 10.0. The van der Waals surface area contributed by atoms with Gasteiger partial charge >= 0.3 is 0 Å².